The van der Waals surface area contributed by atoms with Crippen LogP contribution in [0.2, 0.25) is 0 Å². The first-order valence-electron chi connectivity index (χ1n) is 9.00. The molecule has 4 rings (SSSR count). The summed E-state index contributed by atoms with van der Waals surface area (Å²) in [4.78, 5) is 2.49. The van der Waals surface area contributed by atoms with Crippen molar-refractivity contribution >= 4 is 5.57 Å². The topological polar surface area (TPSA) is 30.3 Å². The highest BCUT2D eigenvalue weighted by molar-refractivity contribution is 5.65. The second-order valence-corrected chi connectivity index (χ2v) is 6.73. The lowest BCUT2D eigenvalue weighted by Gasteiger charge is -2.26. The molecule has 0 N–H and O–H groups in total. The van der Waals surface area contributed by atoms with Crippen molar-refractivity contribution in [2.45, 2.75) is 38.5 Å². The molecule has 1 atom stereocenters. The molecule has 1 aromatic carbocycles. The molecule has 1 saturated heterocycles. The van der Waals surface area contributed by atoms with Crippen molar-refractivity contribution in [2.24, 2.45) is 0 Å². The Morgan fingerprint density at radius 2 is 2.08 bits per heavy atom. The minimum atomic E-state index is 0.131. The second-order valence-electron chi connectivity index (χ2n) is 6.73. The Kier molecular flexibility index (Phi) is 4.76. The minimum absolute atomic E-state index is 0.131. The predicted molar refractivity (Wildman–Crippen MR) is 95.4 cm³/mol. The van der Waals surface area contributed by atoms with E-state index in [0.29, 0.717) is 0 Å². The number of hydrogen-bond acceptors (Lipinski definition) is 3. The zero-order valence-corrected chi connectivity index (χ0v) is 14.1. The van der Waals surface area contributed by atoms with Crippen molar-refractivity contribution in [2.75, 3.05) is 19.7 Å². The third kappa shape index (κ3) is 3.60. The van der Waals surface area contributed by atoms with Crippen molar-refractivity contribution in [1.82, 2.24) is 14.7 Å². The van der Waals surface area contributed by atoms with Crippen LogP contribution in [0.25, 0.3) is 5.57 Å². The Morgan fingerprint density at radius 3 is 2.83 bits per heavy atom. The summed E-state index contributed by atoms with van der Waals surface area (Å²) < 4.78 is 7.83. The zero-order valence-electron chi connectivity index (χ0n) is 14.1. The summed E-state index contributed by atoms with van der Waals surface area (Å²) in [6.45, 7) is 4.00. The van der Waals surface area contributed by atoms with Gasteiger partial charge in [-0.2, -0.15) is 5.10 Å². The summed E-state index contributed by atoms with van der Waals surface area (Å²) >= 11 is 0. The molecule has 1 fully saturated rings. The van der Waals surface area contributed by atoms with Crippen LogP contribution < -0.4 is 0 Å². The Labute approximate surface area is 143 Å². The minimum Gasteiger partial charge on any atom is -0.357 e. The van der Waals surface area contributed by atoms with Gasteiger partial charge in [-0.1, -0.05) is 36.4 Å². The third-order valence-electron chi connectivity index (χ3n) is 4.97. The van der Waals surface area contributed by atoms with E-state index < -0.39 is 0 Å². The number of nitrogens with zero attached hydrogens (tertiary/aromatic N) is 3. The molecular formula is C20H25N3O. The molecule has 1 unspecified atom stereocenters. The number of rotatable bonds is 4. The predicted octanol–water partition coefficient (Wildman–Crippen LogP) is 3.87. The maximum Gasteiger partial charge on any atom is 0.150 e. The SMILES string of the molecule is C1=C(c2cnn(C3CCCCO3)c2)CCN(Cc2ccccc2)C1. The summed E-state index contributed by atoms with van der Waals surface area (Å²) in [5.41, 5.74) is 4.06. The highest BCUT2D eigenvalue weighted by Crippen LogP contribution is 2.26. The quantitative estimate of drug-likeness (QED) is 0.855. The Hall–Kier alpha value is -1.91. The normalized spacial score (nSPS) is 22.3. The lowest BCUT2D eigenvalue weighted by molar-refractivity contribution is -0.0395. The molecule has 0 radical (unpaired) electrons. The van der Waals surface area contributed by atoms with E-state index in [-0.39, 0.29) is 6.23 Å². The van der Waals surface area contributed by atoms with E-state index in [4.69, 9.17) is 4.74 Å². The lowest BCUT2D eigenvalue weighted by Crippen LogP contribution is -2.27. The standard InChI is InChI=1S/C20H25N3O/c1-2-6-17(7-3-1)15-22-11-9-18(10-12-22)19-14-21-23(16-19)20-8-4-5-13-24-20/h1-3,6-7,9,14,16,20H,4-5,8,10-13,15H2. The highest BCUT2D eigenvalue weighted by Gasteiger charge is 2.19. The van der Waals surface area contributed by atoms with Crippen LogP contribution in [0, 0.1) is 0 Å². The van der Waals surface area contributed by atoms with E-state index in [2.05, 4.69) is 52.6 Å². The summed E-state index contributed by atoms with van der Waals surface area (Å²) in [7, 11) is 0. The Morgan fingerprint density at radius 1 is 1.17 bits per heavy atom. The van der Waals surface area contributed by atoms with Gasteiger partial charge in [-0.15, -0.1) is 0 Å². The van der Waals surface area contributed by atoms with Gasteiger partial charge in [-0.05, 0) is 36.8 Å². The van der Waals surface area contributed by atoms with Gasteiger partial charge in [0.25, 0.3) is 0 Å². The van der Waals surface area contributed by atoms with Crippen molar-refractivity contribution < 1.29 is 4.74 Å². The largest absolute Gasteiger partial charge is 0.357 e. The Balaban J connectivity index is 1.38. The van der Waals surface area contributed by atoms with Crippen LogP contribution in [-0.2, 0) is 11.3 Å². The Bertz CT molecular complexity index is 686. The van der Waals surface area contributed by atoms with E-state index >= 15 is 0 Å². The van der Waals surface area contributed by atoms with E-state index in [0.717, 1.165) is 39.1 Å². The van der Waals surface area contributed by atoms with Gasteiger partial charge in [0.2, 0.25) is 0 Å². The fourth-order valence-electron chi connectivity index (χ4n) is 3.55. The molecule has 2 aliphatic rings. The average Bonchev–Trinajstić information content (AvgIpc) is 3.14. The van der Waals surface area contributed by atoms with E-state index in [1.165, 1.54) is 29.5 Å². The summed E-state index contributed by atoms with van der Waals surface area (Å²) in [5.74, 6) is 0. The monoisotopic (exact) mass is 323 g/mol. The summed E-state index contributed by atoms with van der Waals surface area (Å²) in [6, 6.07) is 10.7. The van der Waals surface area contributed by atoms with Crippen LogP contribution in [-0.4, -0.2) is 34.4 Å². The van der Waals surface area contributed by atoms with Gasteiger partial charge in [0.05, 0.1) is 6.20 Å². The maximum absolute atomic E-state index is 5.82. The van der Waals surface area contributed by atoms with Crippen molar-refractivity contribution in [3.8, 4) is 0 Å². The first-order valence-corrected chi connectivity index (χ1v) is 9.00. The number of ether oxygens (including phenoxy) is 1. The average molecular weight is 323 g/mol. The molecular weight excluding hydrogens is 298 g/mol. The van der Waals surface area contributed by atoms with E-state index in [1.54, 1.807) is 0 Å². The van der Waals surface area contributed by atoms with E-state index in [9.17, 15) is 0 Å². The van der Waals surface area contributed by atoms with Crippen molar-refractivity contribution in [1.29, 1.82) is 0 Å². The van der Waals surface area contributed by atoms with Crippen LogP contribution in [0.15, 0.2) is 48.8 Å². The fourth-order valence-corrected chi connectivity index (χ4v) is 3.55. The molecule has 0 spiro atoms. The van der Waals surface area contributed by atoms with Crippen LogP contribution >= 0.6 is 0 Å². The fraction of sp³-hybridized carbons (Fsp3) is 0.450. The molecule has 4 heteroatoms. The lowest BCUT2D eigenvalue weighted by atomic mass is 10.0. The molecule has 0 bridgehead atoms. The van der Waals surface area contributed by atoms with Gasteiger partial charge in [0.15, 0.2) is 0 Å². The number of aromatic nitrogens is 2. The van der Waals surface area contributed by atoms with Crippen molar-refractivity contribution in [3.63, 3.8) is 0 Å². The van der Waals surface area contributed by atoms with Crippen LogP contribution in [0.4, 0.5) is 0 Å². The number of hydrogen-bond donors (Lipinski definition) is 0. The molecule has 4 nitrogen and oxygen atoms in total. The smallest absolute Gasteiger partial charge is 0.150 e. The van der Waals surface area contributed by atoms with Gasteiger partial charge in [-0.3, -0.25) is 4.90 Å². The molecule has 1 aromatic heterocycles. The molecule has 3 heterocycles. The molecule has 0 aliphatic carbocycles. The molecule has 24 heavy (non-hydrogen) atoms. The van der Waals surface area contributed by atoms with Gasteiger partial charge in [0.1, 0.15) is 6.23 Å². The second kappa shape index (κ2) is 7.32. The first kappa shape index (κ1) is 15.6. The van der Waals surface area contributed by atoms with Crippen LogP contribution in [0.5, 0.6) is 0 Å². The molecule has 0 amide bonds. The van der Waals surface area contributed by atoms with Gasteiger partial charge in [0, 0.05) is 38.0 Å². The number of benzene rings is 1. The van der Waals surface area contributed by atoms with Crippen LogP contribution in [0.1, 0.15) is 43.0 Å². The molecule has 2 aromatic rings. The zero-order chi connectivity index (χ0) is 16.2. The molecule has 126 valence electrons. The first-order chi connectivity index (χ1) is 11.9. The van der Waals surface area contributed by atoms with Gasteiger partial charge < -0.3 is 4.74 Å². The van der Waals surface area contributed by atoms with Gasteiger partial charge >= 0.3 is 0 Å². The third-order valence-corrected chi connectivity index (χ3v) is 4.97. The highest BCUT2D eigenvalue weighted by atomic mass is 16.5. The molecule has 0 saturated carbocycles. The van der Waals surface area contributed by atoms with E-state index in [1.807, 2.05) is 10.9 Å². The maximum atomic E-state index is 5.82. The van der Waals surface area contributed by atoms with Gasteiger partial charge in [-0.25, -0.2) is 4.68 Å². The molecule has 2 aliphatic heterocycles. The van der Waals surface area contributed by atoms with Crippen LogP contribution in [0.3, 0.4) is 0 Å². The summed E-state index contributed by atoms with van der Waals surface area (Å²) in [6.07, 6.45) is 11.2. The summed E-state index contributed by atoms with van der Waals surface area (Å²) in [5, 5.41) is 4.54. The van der Waals surface area contributed by atoms with Crippen molar-refractivity contribution in [3.05, 3.63) is 59.9 Å².